The fraction of sp³-hybridized carbons (Fsp3) is 0. The van der Waals surface area contributed by atoms with Gasteiger partial charge in [-0.3, -0.25) is 4.98 Å². The molecule has 6 heteroatoms. The molecule has 3 heterocycles. The second-order valence-electron chi connectivity index (χ2n) is 5.41. The molecule has 0 fully saturated rings. The van der Waals surface area contributed by atoms with Crippen LogP contribution in [0.4, 0.5) is 10.2 Å². The number of fused-ring (bicyclic) bond motifs is 1. The molecule has 4 rings (SSSR count). The molecule has 0 spiro atoms. The number of H-pyrrole nitrogens is 1. The smallest absolute Gasteiger partial charge is 0.144 e. The topological polar surface area (TPSA) is 87.8 Å². The van der Waals surface area contributed by atoms with Gasteiger partial charge in [-0.05, 0) is 47.5 Å². The van der Waals surface area contributed by atoms with E-state index in [1.807, 2.05) is 12.1 Å². The largest absolute Gasteiger partial charge is 0.507 e. The van der Waals surface area contributed by atoms with Gasteiger partial charge in [0.2, 0.25) is 0 Å². The molecule has 118 valence electrons. The summed E-state index contributed by atoms with van der Waals surface area (Å²) in [6, 6.07) is 11.2. The number of nitrogens with one attached hydrogen (secondary N) is 1. The van der Waals surface area contributed by atoms with Gasteiger partial charge in [-0.15, -0.1) is 0 Å². The van der Waals surface area contributed by atoms with Gasteiger partial charge in [-0.2, -0.15) is 0 Å². The first-order valence-electron chi connectivity index (χ1n) is 7.31. The summed E-state index contributed by atoms with van der Waals surface area (Å²) in [7, 11) is 0. The average molecular weight is 320 g/mol. The van der Waals surface area contributed by atoms with Crippen LogP contribution in [0.5, 0.6) is 5.75 Å². The van der Waals surface area contributed by atoms with Crippen LogP contribution in [0.3, 0.4) is 0 Å². The number of benzene rings is 1. The number of pyridine rings is 2. The average Bonchev–Trinajstić information content (AvgIpc) is 2.96. The van der Waals surface area contributed by atoms with E-state index in [2.05, 4.69) is 15.0 Å². The fourth-order valence-electron chi connectivity index (χ4n) is 2.83. The van der Waals surface area contributed by atoms with E-state index in [1.54, 1.807) is 24.5 Å². The van der Waals surface area contributed by atoms with Crippen LogP contribution in [0.25, 0.3) is 33.4 Å². The van der Waals surface area contributed by atoms with Crippen molar-refractivity contribution < 1.29 is 9.50 Å². The minimum atomic E-state index is -0.314. The van der Waals surface area contributed by atoms with Crippen molar-refractivity contribution in [2.45, 2.75) is 0 Å². The molecule has 0 radical (unpaired) electrons. The highest BCUT2D eigenvalue weighted by Crippen LogP contribution is 2.41. The number of aromatic nitrogens is 3. The van der Waals surface area contributed by atoms with E-state index >= 15 is 0 Å². The quantitative estimate of drug-likeness (QED) is 0.525. The highest BCUT2D eigenvalue weighted by Gasteiger charge is 2.19. The molecule has 0 saturated carbocycles. The third-order valence-electron chi connectivity index (χ3n) is 3.86. The highest BCUT2D eigenvalue weighted by molar-refractivity contribution is 6.05. The Hall–Kier alpha value is -3.41. The number of anilines is 1. The third-order valence-corrected chi connectivity index (χ3v) is 3.86. The Labute approximate surface area is 136 Å². The van der Waals surface area contributed by atoms with E-state index < -0.39 is 0 Å². The van der Waals surface area contributed by atoms with Crippen molar-refractivity contribution in [3.63, 3.8) is 0 Å². The van der Waals surface area contributed by atoms with E-state index in [9.17, 15) is 9.50 Å². The Morgan fingerprint density at radius 3 is 2.42 bits per heavy atom. The Bertz CT molecular complexity index is 1030. The monoisotopic (exact) mass is 320 g/mol. The Morgan fingerprint density at radius 2 is 1.71 bits per heavy atom. The molecule has 0 unspecified atom stereocenters. The van der Waals surface area contributed by atoms with Gasteiger partial charge in [0.25, 0.3) is 0 Å². The minimum absolute atomic E-state index is 0.0360. The third kappa shape index (κ3) is 2.25. The van der Waals surface area contributed by atoms with E-state index in [0.717, 1.165) is 22.4 Å². The van der Waals surface area contributed by atoms with Gasteiger partial charge in [0.05, 0.1) is 11.1 Å². The van der Waals surface area contributed by atoms with Crippen molar-refractivity contribution in [3.8, 4) is 28.1 Å². The molecule has 3 aromatic heterocycles. The maximum Gasteiger partial charge on any atom is 0.144 e. The van der Waals surface area contributed by atoms with Gasteiger partial charge in [0.15, 0.2) is 0 Å². The number of halogens is 1. The van der Waals surface area contributed by atoms with Crippen LogP contribution < -0.4 is 5.73 Å². The maximum absolute atomic E-state index is 13.3. The van der Waals surface area contributed by atoms with Crippen molar-refractivity contribution in [3.05, 3.63) is 60.7 Å². The van der Waals surface area contributed by atoms with Crippen LogP contribution in [-0.4, -0.2) is 20.1 Å². The fourth-order valence-corrected chi connectivity index (χ4v) is 2.83. The van der Waals surface area contributed by atoms with E-state index in [-0.39, 0.29) is 17.4 Å². The van der Waals surface area contributed by atoms with E-state index in [4.69, 9.17) is 5.73 Å². The number of aromatic amines is 1. The lowest BCUT2D eigenvalue weighted by Gasteiger charge is -2.06. The Morgan fingerprint density at radius 1 is 1.00 bits per heavy atom. The molecule has 0 aliphatic carbocycles. The molecule has 24 heavy (non-hydrogen) atoms. The second-order valence-corrected chi connectivity index (χ2v) is 5.41. The van der Waals surface area contributed by atoms with Crippen molar-refractivity contribution in [2.75, 3.05) is 5.73 Å². The lowest BCUT2D eigenvalue weighted by atomic mass is 9.99. The summed E-state index contributed by atoms with van der Waals surface area (Å²) in [5.74, 6) is -0.0624. The normalized spacial score (nSPS) is 11.0. The molecule has 4 N–H and O–H groups in total. The summed E-state index contributed by atoms with van der Waals surface area (Å²) in [4.78, 5) is 11.5. The van der Waals surface area contributed by atoms with Crippen LogP contribution in [0.15, 0.2) is 54.9 Å². The van der Waals surface area contributed by atoms with Crippen molar-refractivity contribution in [2.24, 2.45) is 0 Å². The number of aromatic hydroxyl groups is 1. The van der Waals surface area contributed by atoms with Crippen LogP contribution in [0.2, 0.25) is 0 Å². The molecule has 0 saturated heterocycles. The Kier molecular flexibility index (Phi) is 3.16. The SMILES string of the molecule is Nc1cc(O)c2c(-c3ccncc3)c(-c3ccc(F)cc3)[nH]c2n1. The number of hydrogen-bond acceptors (Lipinski definition) is 4. The zero-order valence-electron chi connectivity index (χ0n) is 12.5. The number of rotatable bonds is 2. The summed E-state index contributed by atoms with van der Waals surface area (Å²) in [5.41, 5.74) is 9.33. The minimum Gasteiger partial charge on any atom is -0.507 e. The van der Waals surface area contributed by atoms with Crippen molar-refractivity contribution in [1.82, 2.24) is 15.0 Å². The summed E-state index contributed by atoms with van der Waals surface area (Å²) in [6.45, 7) is 0. The molecule has 1 aromatic carbocycles. The van der Waals surface area contributed by atoms with Crippen LogP contribution in [0, 0.1) is 5.82 Å². The summed E-state index contributed by atoms with van der Waals surface area (Å²) >= 11 is 0. The van der Waals surface area contributed by atoms with Gasteiger partial charge in [-0.1, -0.05) is 0 Å². The standard InChI is InChI=1S/C18H13FN4O/c19-12-3-1-11(2-4-12)17-15(10-5-7-21-8-6-10)16-13(24)9-14(20)22-18(16)23-17/h1-9H,(H4,20,22,23,24). The van der Waals surface area contributed by atoms with Crippen molar-refractivity contribution in [1.29, 1.82) is 0 Å². The molecule has 0 bridgehead atoms. The molecule has 0 aliphatic heterocycles. The molecule has 0 aliphatic rings. The molecule has 0 amide bonds. The van der Waals surface area contributed by atoms with Gasteiger partial charge in [0.1, 0.15) is 23.0 Å². The number of nitrogens with two attached hydrogens (primary N) is 1. The summed E-state index contributed by atoms with van der Waals surface area (Å²) < 4.78 is 13.3. The van der Waals surface area contributed by atoms with Gasteiger partial charge in [0, 0.05) is 24.0 Å². The molecule has 5 nitrogen and oxygen atoms in total. The molecular formula is C18H13FN4O. The molecule has 0 atom stereocenters. The number of nitrogens with zero attached hydrogens (tertiary/aromatic N) is 2. The van der Waals surface area contributed by atoms with Crippen molar-refractivity contribution >= 4 is 16.9 Å². The number of hydrogen-bond donors (Lipinski definition) is 3. The summed E-state index contributed by atoms with van der Waals surface area (Å²) in [6.07, 6.45) is 3.34. The molecular weight excluding hydrogens is 307 g/mol. The zero-order chi connectivity index (χ0) is 16.7. The lowest BCUT2D eigenvalue weighted by molar-refractivity contribution is 0.481. The highest BCUT2D eigenvalue weighted by atomic mass is 19.1. The first-order chi connectivity index (χ1) is 11.6. The second kappa shape index (κ2) is 5.34. The zero-order valence-corrected chi connectivity index (χ0v) is 12.5. The van der Waals surface area contributed by atoms with Gasteiger partial charge in [-0.25, -0.2) is 9.37 Å². The van der Waals surface area contributed by atoms with Crippen LogP contribution in [0.1, 0.15) is 0 Å². The maximum atomic E-state index is 13.3. The van der Waals surface area contributed by atoms with E-state index in [1.165, 1.54) is 18.2 Å². The Balaban J connectivity index is 2.09. The van der Waals surface area contributed by atoms with E-state index in [0.29, 0.717) is 11.0 Å². The first kappa shape index (κ1) is 14.2. The molecule has 4 aromatic rings. The first-order valence-corrected chi connectivity index (χ1v) is 7.31. The predicted molar refractivity (Wildman–Crippen MR) is 90.8 cm³/mol. The predicted octanol–water partition coefficient (Wildman–Crippen LogP) is 3.72. The van der Waals surface area contributed by atoms with Gasteiger partial charge < -0.3 is 15.8 Å². The lowest BCUT2D eigenvalue weighted by Crippen LogP contribution is -1.89. The van der Waals surface area contributed by atoms with Crippen LogP contribution in [-0.2, 0) is 0 Å². The number of nitrogen functional groups attached to an aromatic ring is 1. The van der Waals surface area contributed by atoms with Gasteiger partial charge >= 0.3 is 0 Å². The summed E-state index contributed by atoms with van der Waals surface area (Å²) in [5, 5.41) is 10.9. The van der Waals surface area contributed by atoms with Crippen LogP contribution >= 0.6 is 0 Å².